The van der Waals surface area contributed by atoms with Gasteiger partial charge in [-0.2, -0.15) is 0 Å². The second-order valence-electron chi connectivity index (χ2n) is 4.87. The van der Waals surface area contributed by atoms with E-state index in [4.69, 9.17) is 5.11 Å². The number of hydrogen-bond acceptors (Lipinski definition) is 2. The van der Waals surface area contributed by atoms with Crippen molar-refractivity contribution in [3.63, 3.8) is 0 Å². The number of aliphatic hydroxyl groups is 1. The first kappa shape index (κ1) is 12.2. The molecule has 3 unspecified atom stereocenters. The van der Waals surface area contributed by atoms with Crippen molar-refractivity contribution in [1.82, 2.24) is 0 Å². The van der Waals surface area contributed by atoms with Crippen LogP contribution in [0.25, 0.3) is 0 Å². The molecule has 86 valence electrons. The summed E-state index contributed by atoms with van der Waals surface area (Å²) in [5.74, 6) is -0.475. The fraction of sp³-hybridized carbons (Fsp3) is 0.750. The van der Waals surface area contributed by atoms with Crippen LogP contribution in [-0.2, 0) is 4.79 Å². The van der Waals surface area contributed by atoms with Gasteiger partial charge in [-0.3, -0.25) is 4.79 Å². The average Bonchev–Trinajstić information content (AvgIpc) is 2.11. The van der Waals surface area contributed by atoms with E-state index in [9.17, 15) is 9.90 Å². The second kappa shape index (κ2) is 4.35. The topological polar surface area (TPSA) is 57.5 Å². The molecule has 0 spiro atoms. The molecule has 3 atom stereocenters. The van der Waals surface area contributed by atoms with Crippen LogP contribution in [0.5, 0.6) is 0 Å². The van der Waals surface area contributed by atoms with Gasteiger partial charge in [0.2, 0.25) is 0 Å². The molecule has 0 aromatic rings. The van der Waals surface area contributed by atoms with Crippen LogP contribution in [0.15, 0.2) is 11.6 Å². The lowest BCUT2D eigenvalue weighted by molar-refractivity contribution is -0.143. The molecule has 0 aliphatic heterocycles. The van der Waals surface area contributed by atoms with Crippen molar-refractivity contribution in [1.29, 1.82) is 0 Å². The monoisotopic (exact) mass is 212 g/mol. The van der Waals surface area contributed by atoms with Gasteiger partial charge in [0.05, 0.1) is 13.0 Å². The maximum Gasteiger partial charge on any atom is 0.304 e. The van der Waals surface area contributed by atoms with E-state index >= 15 is 0 Å². The lowest BCUT2D eigenvalue weighted by Crippen LogP contribution is -2.42. The minimum Gasteiger partial charge on any atom is -0.481 e. The summed E-state index contributed by atoms with van der Waals surface area (Å²) in [6.45, 7) is 6.05. The maximum atomic E-state index is 10.9. The smallest absolute Gasteiger partial charge is 0.304 e. The molecule has 1 aliphatic rings. The molecular weight excluding hydrogens is 192 g/mol. The van der Waals surface area contributed by atoms with Gasteiger partial charge in [0, 0.05) is 5.41 Å². The summed E-state index contributed by atoms with van der Waals surface area (Å²) in [5.41, 5.74) is 0.815. The molecule has 3 heteroatoms. The van der Waals surface area contributed by atoms with E-state index < -0.39 is 11.4 Å². The van der Waals surface area contributed by atoms with Gasteiger partial charge >= 0.3 is 5.97 Å². The third-order valence-corrected chi connectivity index (χ3v) is 3.83. The predicted octanol–water partition coefficient (Wildman–Crippen LogP) is 2.06. The van der Waals surface area contributed by atoms with E-state index in [-0.39, 0.29) is 24.9 Å². The van der Waals surface area contributed by atoms with Crippen LogP contribution in [0, 0.1) is 17.3 Å². The summed E-state index contributed by atoms with van der Waals surface area (Å²) >= 11 is 0. The first-order valence-electron chi connectivity index (χ1n) is 5.42. The summed E-state index contributed by atoms with van der Waals surface area (Å²) in [4.78, 5) is 10.9. The summed E-state index contributed by atoms with van der Waals surface area (Å²) in [7, 11) is 0. The Morgan fingerprint density at radius 3 is 2.60 bits per heavy atom. The van der Waals surface area contributed by atoms with Crippen LogP contribution in [0.1, 0.15) is 33.6 Å². The van der Waals surface area contributed by atoms with E-state index in [1.807, 2.05) is 13.8 Å². The standard InChI is InChI=1S/C12H20O3/c1-8-4-9(2)12(7-13,6-11(14)15)10(3)5-8/h4,9-10,13H,5-7H2,1-3H3,(H,14,15). The molecule has 0 radical (unpaired) electrons. The lowest BCUT2D eigenvalue weighted by Gasteiger charge is -2.44. The van der Waals surface area contributed by atoms with Crippen molar-refractivity contribution in [3.05, 3.63) is 11.6 Å². The minimum absolute atomic E-state index is 0.0502. The van der Waals surface area contributed by atoms with E-state index in [0.29, 0.717) is 0 Å². The Morgan fingerprint density at radius 1 is 1.60 bits per heavy atom. The molecule has 15 heavy (non-hydrogen) atoms. The highest BCUT2D eigenvalue weighted by Crippen LogP contribution is 2.46. The van der Waals surface area contributed by atoms with Gasteiger partial charge in [0.1, 0.15) is 0 Å². The Kier molecular flexibility index (Phi) is 3.55. The SMILES string of the molecule is CC1=CC(C)C(CO)(CC(=O)O)C(C)C1. The number of carboxylic acid groups (broad SMARTS) is 1. The molecule has 0 aromatic carbocycles. The molecule has 0 fully saturated rings. The Hall–Kier alpha value is -0.830. The van der Waals surface area contributed by atoms with Crippen LogP contribution in [0.2, 0.25) is 0 Å². The molecule has 0 saturated heterocycles. The van der Waals surface area contributed by atoms with Gasteiger partial charge in [-0.05, 0) is 25.2 Å². The van der Waals surface area contributed by atoms with E-state index in [1.54, 1.807) is 0 Å². The van der Waals surface area contributed by atoms with E-state index in [1.165, 1.54) is 5.57 Å². The quantitative estimate of drug-likeness (QED) is 0.704. The molecule has 3 nitrogen and oxygen atoms in total. The van der Waals surface area contributed by atoms with Crippen LogP contribution < -0.4 is 0 Å². The highest BCUT2D eigenvalue weighted by atomic mass is 16.4. The largest absolute Gasteiger partial charge is 0.481 e. The molecular formula is C12H20O3. The molecule has 0 saturated carbocycles. The van der Waals surface area contributed by atoms with Crippen LogP contribution in [0.4, 0.5) is 0 Å². The molecule has 1 rings (SSSR count). The Labute approximate surface area is 90.8 Å². The van der Waals surface area contributed by atoms with Gasteiger partial charge < -0.3 is 10.2 Å². The summed E-state index contributed by atoms with van der Waals surface area (Å²) in [5, 5.41) is 18.5. The minimum atomic E-state index is -0.823. The molecule has 1 aliphatic carbocycles. The fourth-order valence-electron chi connectivity index (χ4n) is 2.77. The van der Waals surface area contributed by atoms with Crippen molar-refractivity contribution < 1.29 is 15.0 Å². The van der Waals surface area contributed by atoms with Crippen molar-refractivity contribution in [3.8, 4) is 0 Å². The number of hydrogen-bond donors (Lipinski definition) is 2. The average molecular weight is 212 g/mol. The fourth-order valence-corrected chi connectivity index (χ4v) is 2.77. The van der Waals surface area contributed by atoms with Gasteiger partial charge in [-0.15, -0.1) is 0 Å². The highest BCUT2D eigenvalue weighted by Gasteiger charge is 2.43. The van der Waals surface area contributed by atoms with Crippen LogP contribution in [0.3, 0.4) is 0 Å². The van der Waals surface area contributed by atoms with Crippen molar-refractivity contribution >= 4 is 5.97 Å². The van der Waals surface area contributed by atoms with Gasteiger partial charge in [-0.25, -0.2) is 0 Å². The summed E-state index contributed by atoms with van der Waals surface area (Å²) in [6, 6.07) is 0. The number of carboxylic acids is 1. The van der Waals surface area contributed by atoms with Crippen LogP contribution in [-0.4, -0.2) is 22.8 Å². The Bertz CT molecular complexity index is 283. The number of carbonyl (C=O) groups is 1. The van der Waals surface area contributed by atoms with Gasteiger partial charge in [-0.1, -0.05) is 25.5 Å². The first-order valence-corrected chi connectivity index (χ1v) is 5.42. The molecule has 0 heterocycles. The molecule has 0 aromatic heterocycles. The van der Waals surface area contributed by atoms with Crippen molar-refractivity contribution in [2.24, 2.45) is 17.3 Å². The number of aliphatic carboxylic acids is 1. The third-order valence-electron chi connectivity index (χ3n) is 3.83. The Morgan fingerprint density at radius 2 is 2.20 bits per heavy atom. The number of allylic oxidation sites excluding steroid dienone is 2. The molecule has 2 N–H and O–H groups in total. The zero-order valence-electron chi connectivity index (χ0n) is 9.66. The first-order chi connectivity index (χ1) is 6.92. The number of aliphatic hydroxyl groups excluding tert-OH is 1. The van der Waals surface area contributed by atoms with Gasteiger partial charge in [0.25, 0.3) is 0 Å². The summed E-state index contributed by atoms with van der Waals surface area (Å²) < 4.78 is 0. The Balaban J connectivity index is 3.01. The zero-order valence-corrected chi connectivity index (χ0v) is 9.66. The predicted molar refractivity (Wildman–Crippen MR) is 58.5 cm³/mol. The number of rotatable bonds is 3. The second-order valence-corrected chi connectivity index (χ2v) is 4.87. The van der Waals surface area contributed by atoms with E-state index in [0.717, 1.165) is 6.42 Å². The lowest BCUT2D eigenvalue weighted by atomic mass is 9.61. The maximum absolute atomic E-state index is 10.9. The van der Waals surface area contributed by atoms with E-state index in [2.05, 4.69) is 13.0 Å². The molecule has 0 bridgehead atoms. The normalized spacial score (nSPS) is 36.1. The third kappa shape index (κ3) is 2.23. The van der Waals surface area contributed by atoms with Gasteiger partial charge in [0.15, 0.2) is 0 Å². The van der Waals surface area contributed by atoms with Crippen molar-refractivity contribution in [2.45, 2.75) is 33.6 Å². The summed E-state index contributed by atoms with van der Waals surface area (Å²) in [6.07, 6.45) is 3.03. The van der Waals surface area contributed by atoms with Crippen LogP contribution >= 0.6 is 0 Å². The highest BCUT2D eigenvalue weighted by molar-refractivity contribution is 5.68. The zero-order chi connectivity index (χ0) is 11.6. The van der Waals surface area contributed by atoms with Crippen molar-refractivity contribution in [2.75, 3.05) is 6.61 Å². The molecule has 0 amide bonds.